The summed E-state index contributed by atoms with van der Waals surface area (Å²) in [5.74, 6) is -0.537. The highest BCUT2D eigenvalue weighted by Crippen LogP contribution is 2.23. The smallest absolute Gasteiger partial charge is 0.367 e. The lowest BCUT2D eigenvalue weighted by atomic mass is 10.1. The van der Waals surface area contributed by atoms with Crippen LogP contribution < -0.4 is 0 Å². The quantitative estimate of drug-likeness (QED) is 0.267. The number of rotatable bonds is 10. The third kappa shape index (κ3) is 12.1. The molecule has 0 fully saturated rings. The average molecular weight is 307 g/mol. The summed E-state index contributed by atoms with van der Waals surface area (Å²) in [6, 6.07) is 0. The van der Waals surface area contributed by atoms with Crippen molar-refractivity contribution in [2.45, 2.75) is 46.8 Å². The molecule has 116 valence electrons. The van der Waals surface area contributed by atoms with Crippen molar-refractivity contribution in [3.63, 3.8) is 0 Å². The molecule has 0 aromatic carbocycles. The molecular formula is C13H24O6P+. The number of hydrogen-bond acceptors (Lipinski definition) is 6. The van der Waals surface area contributed by atoms with Gasteiger partial charge < -0.3 is 14.2 Å². The van der Waals surface area contributed by atoms with Crippen molar-refractivity contribution < 1.29 is 28.4 Å². The van der Waals surface area contributed by atoms with Gasteiger partial charge in [-0.25, -0.2) is 0 Å². The van der Waals surface area contributed by atoms with Gasteiger partial charge in [-0.3, -0.25) is 9.59 Å². The second-order valence-electron chi connectivity index (χ2n) is 4.86. The van der Waals surface area contributed by atoms with Gasteiger partial charge in [0.2, 0.25) is 6.35 Å². The number of esters is 2. The van der Waals surface area contributed by atoms with E-state index in [2.05, 4.69) is 13.8 Å². The van der Waals surface area contributed by atoms with Gasteiger partial charge >= 0.3 is 19.7 Å². The molecule has 20 heavy (non-hydrogen) atoms. The average Bonchev–Trinajstić information content (AvgIpc) is 2.30. The van der Waals surface area contributed by atoms with E-state index in [0.29, 0.717) is 12.5 Å². The predicted octanol–water partition coefficient (Wildman–Crippen LogP) is 2.68. The van der Waals surface area contributed by atoms with E-state index in [0.717, 1.165) is 6.42 Å². The van der Waals surface area contributed by atoms with Crippen molar-refractivity contribution >= 4 is 19.7 Å². The standard InChI is InChI=1S/C13H24O6P/c1-10(2)5-7-17-9-20(16)8-6-13(18-11(3)14)19-12(4)15/h10,13H,5-9H2,1-4H3/q+1. The first-order chi connectivity index (χ1) is 9.31. The number of ether oxygens (including phenoxy) is 3. The first kappa shape index (κ1) is 19.0. The van der Waals surface area contributed by atoms with E-state index in [1.807, 2.05) is 0 Å². The fourth-order valence-corrected chi connectivity index (χ4v) is 2.27. The molecule has 0 saturated heterocycles. The van der Waals surface area contributed by atoms with Crippen LogP contribution in [0.4, 0.5) is 0 Å². The Hall–Kier alpha value is -1.00. The maximum atomic E-state index is 11.7. The minimum absolute atomic E-state index is 0.176. The van der Waals surface area contributed by atoms with Crippen LogP contribution in [0.5, 0.6) is 0 Å². The van der Waals surface area contributed by atoms with Gasteiger partial charge in [-0.1, -0.05) is 18.4 Å². The Labute approximate surface area is 120 Å². The SMILES string of the molecule is CC(=O)OC(CC[P+](=O)COCCC(C)C)OC(C)=O. The monoisotopic (exact) mass is 307 g/mol. The summed E-state index contributed by atoms with van der Waals surface area (Å²) >= 11 is 0. The molecule has 1 atom stereocenters. The maximum Gasteiger partial charge on any atom is 0.367 e. The van der Waals surface area contributed by atoms with E-state index in [9.17, 15) is 14.2 Å². The van der Waals surface area contributed by atoms with Gasteiger partial charge in [-0.2, -0.15) is 0 Å². The van der Waals surface area contributed by atoms with Gasteiger partial charge in [-0.05, 0) is 12.3 Å². The van der Waals surface area contributed by atoms with E-state index in [1.165, 1.54) is 13.8 Å². The van der Waals surface area contributed by atoms with Crippen molar-refractivity contribution in [3.05, 3.63) is 0 Å². The second-order valence-corrected chi connectivity index (χ2v) is 6.53. The van der Waals surface area contributed by atoms with Gasteiger partial charge in [0.25, 0.3) is 6.29 Å². The van der Waals surface area contributed by atoms with Crippen molar-refractivity contribution in [3.8, 4) is 0 Å². The van der Waals surface area contributed by atoms with Gasteiger partial charge in [0.1, 0.15) is 0 Å². The van der Waals surface area contributed by atoms with E-state index in [1.54, 1.807) is 0 Å². The van der Waals surface area contributed by atoms with E-state index in [4.69, 9.17) is 14.2 Å². The molecule has 0 saturated carbocycles. The Bertz CT molecular complexity index is 313. The van der Waals surface area contributed by atoms with Crippen LogP contribution >= 0.6 is 7.80 Å². The number of carbonyl (C=O) groups excluding carboxylic acids is 2. The van der Waals surface area contributed by atoms with Gasteiger partial charge in [-0.15, -0.1) is 0 Å². The fraction of sp³-hybridized carbons (Fsp3) is 0.846. The van der Waals surface area contributed by atoms with Crippen LogP contribution in [-0.4, -0.2) is 37.3 Å². The minimum atomic E-state index is -1.55. The molecule has 0 spiro atoms. The minimum Gasteiger partial charge on any atom is -0.425 e. The predicted molar refractivity (Wildman–Crippen MR) is 74.7 cm³/mol. The highest BCUT2D eigenvalue weighted by Gasteiger charge is 2.22. The van der Waals surface area contributed by atoms with Crippen LogP contribution in [0.25, 0.3) is 0 Å². The first-order valence-corrected chi connectivity index (χ1v) is 8.28. The van der Waals surface area contributed by atoms with Crippen LogP contribution in [0.3, 0.4) is 0 Å². The van der Waals surface area contributed by atoms with E-state index in [-0.39, 0.29) is 18.9 Å². The molecule has 0 rings (SSSR count). The molecule has 0 amide bonds. The molecule has 6 nitrogen and oxygen atoms in total. The Morgan fingerprint density at radius 3 is 2.05 bits per heavy atom. The van der Waals surface area contributed by atoms with Crippen molar-refractivity contribution in [1.29, 1.82) is 0 Å². The van der Waals surface area contributed by atoms with Crippen LogP contribution in [0, 0.1) is 5.92 Å². The molecule has 0 bridgehead atoms. The van der Waals surface area contributed by atoms with Gasteiger partial charge in [0.15, 0.2) is 6.16 Å². The Kier molecular flexibility index (Phi) is 10.2. The van der Waals surface area contributed by atoms with E-state index < -0.39 is 26.0 Å². The molecule has 0 aliphatic carbocycles. The zero-order chi connectivity index (χ0) is 15.5. The summed E-state index contributed by atoms with van der Waals surface area (Å²) in [4.78, 5) is 21.7. The lowest BCUT2D eigenvalue weighted by Gasteiger charge is -2.14. The molecule has 0 aromatic heterocycles. The molecule has 7 heteroatoms. The van der Waals surface area contributed by atoms with Crippen molar-refractivity contribution in [1.82, 2.24) is 0 Å². The first-order valence-electron chi connectivity index (χ1n) is 6.65. The van der Waals surface area contributed by atoms with Crippen molar-refractivity contribution in [2.24, 2.45) is 5.92 Å². The third-order valence-electron chi connectivity index (χ3n) is 2.28. The molecule has 1 unspecified atom stereocenters. The lowest BCUT2D eigenvalue weighted by Crippen LogP contribution is -2.23. The van der Waals surface area contributed by atoms with Crippen molar-refractivity contribution in [2.75, 3.05) is 19.1 Å². The number of carbonyl (C=O) groups is 2. The largest absolute Gasteiger partial charge is 0.425 e. The highest BCUT2D eigenvalue weighted by atomic mass is 31.1. The molecular weight excluding hydrogens is 283 g/mol. The second kappa shape index (κ2) is 10.7. The summed E-state index contributed by atoms with van der Waals surface area (Å²) in [6.07, 6.45) is 0.616. The molecule has 0 heterocycles. The van der Waals surface area contributed by atoms with Gasteiger partial charge in [0, 0.05) is 13.8 Å². The number of hydrogen-bond donors (Lipinski definition) is 0. The summed E-state index contributed by atoms with van der Waals surface area (Å²) in [7, 11) is -1.55. The Balaban J connectivity index is 3.91. The third-order valence-corrected chi connectivity index (χ3v) is 3.51. The maximum absolute atomic E-state index is 11.7. The van der Waals surface area contributed by atoms with Gasteiger partial charge in [0.05, 0.1) is 13.0 Å². The summed E-state index contributed by atoms with van der Waals surface area (Å²) < 4.78 is 26.6. The van der Waals surface area contributed by atoms with Crippen LogP contribution in [0.2, 0.25) is 0 Å². The van der Waals surface area contributed by atoms with Crippen LogP contribution in [-0.2, 0) is 28.4 Å². The topological polar surface area (TPSA) is 78.9 Å². The van der Waals surface area contributed by atoms with Crippen LogP contribution in [0.1, 0.15) is 40.5 Å². The molecule has 0 aromatic rings. The summed E-state index contributed by atoms with van der Waals surface area (Å²) in [5, 5.41) is 0. The molecule has 0 radical (unpaired) electrons. The summed E-state index contributed by atoms with van der Waals surface area (Å²) in [6.45, 7) is 7.21. The zero-order valence-electron chi connectivity index (χ0n) is 12.6. The Morgan fingerprint density at radius 2 is 1.60 bits per heavy atom. The molecule has 0 N–H and O–H groups in total. The zero-order valence-corrected chi connectivity index (χ0v) is 13.5. The van der Waals surface area contributed by atoms with Crippen LogP contribution in [0.15, 0.2) is 0 Å². The molecule has 0 aliphatic rings. The summed E-state index contributed by atoms with van der Waals surface area (Å²) in [5.41, 5.74) is 0. The fourth-order valence-electron chi connectivity index (χ4n) is 1.31. The Morgan fingerprint density at radius 1 is 1.05 bits per heavy atom. The molecule has 0 aliphatic heterocycles. The highest BCUT2D eigenvalue weighted by molar-refractivity contribution is 7.44. The van der Waals surface area contributed by atoms with E-state index >= 15 is 0 Å². The normalized spacial score (nSPS) is 11.6. The lowest BCUT2D eigenvalue weighted by molar-refractivity contribution is -0.184.